The molecular formula is C9H16O5. The molecule has 0 aliphatic carbocycles. The number of aliphatic hydroxyl groups is 3. The van der Waals surface area contributed by atoms with Gasteiger partial charge in [-0.05, 0) is 12.8 Å². The fourth-order valence-corrected chi connectivity index (χ4v) is 1.78. The highest BCUT2D eigenvalue weighted by Gasteiger charge is 2.47. The molecule has 1 unspecified atom stereocenters. The van der Waals surface area contributed by atoms with Crippen molar-refractivity contribution in [2.45, 2.75) is 12.8 Å². The zero-order valence-electron chi connectivity index (χ0n) is 7.98. The smallest absolute Gasteiger partial charge is 0.317 e. The topological polar surface area (TPSA) is 87.0 Å². The molecule has 0 amide bonds. The average molecular weight is 204 g/mol. The minimum Gasteiger partial charge on any atom is -0.465 e. The Bertz CT molecular complexity index is 199. The van der Waals surface area contributed by atoms with Crippen molar-refractivity contribution in [3.05, 3.63) is 0 Å². The van der Waals surface area contributed by atoms with Crippen molar-refractivity contribution >= 4 is 5.97 Å². The molecule has 0 aromatic heterocycles. The molecule has 0 spiro atoms. The van der Waals surface area contributed by atoms with Gasteiger partial charge >= 0.3 is 5.97 Å². The summed E-state index contributed by atoms with van der Waals surface area (Å²) in [6, 6.07) is 0. The van der Waals surface area contributed by atoms with E-state index in [1.54, 1.807) is 0 Å². The second-order valence-electron chi connectivity index (χ2n) is 3.63. The van der Waals surface area contributed by atoms with Gasteiger partial charge < -0.3 is 20.1 Å². The normalized spacial score (nSPS) is 26.8. The molecule has 0 aromatic rings. The van der Waals surface area contributed by atoms with Crippen molar-refractivity contribution in [1.82, 2.24) is 0 Å². The summed E-state index contributed by atoms with van der Waals surface area (Å²) in [5, 5.41) is 27.4. The van der Waals surface area contributed by atoms with Gasteiger partial charge in [-0.1, -0.05) is 0 Å². The average Bonchev–Trinajstić information content (AvgIpc) is 2.37. The fourth-order valence-electron chi connectivity index (χ4n) is 1.78. The quantitative estimate of drug-likeness (QED) is 0.508. The van der Waals surface area contributed by atoms with E-state index in [1.165, 1.54) is 0 Å². The molecule has 0 bridgehead atoms. The SMILES string of the molecule is O=C1OCCCC(CO)C1(CO)CO. The van der Waals surface area contributed by atoms with Crippen LogP contribution in [0.5, 0.6) is 0 Å². The van der Waals surface area contributed by atoms with Gasteiger partial charge in [-0.15, -0.1) is 0 Å². The minimum atomic E-state index is -1.33. The number of ether oxygens (including phenoxy) is 1. The molecule has 82 valence electrons. The van der Waals surface area contributed by atoms with E-state index >= 15 is 0 Å². The van der Waals surface area contributed by atoms with Crippen LogP contribution in [0, 0.1) is 11.3 Å². The molecule has 14 heavy (non-hydrogen) atoms. The first kappa shape index (κ1) is 11.4. The third-order valence-corrected chi connectivity index (χ3v) is 2.90. The number of cyclic esters (lactones) is 1. The maximum Gasteiger partial charge on any atom is 0.317 e. The summed E-state index contributed by atoms with van der Waals surface area (Å²) in [5.74, 6) is -1.04. The molecule has 1 aliphatic heterocycles. The number of rotatable bonds is 3. The molecule has 1 atom stereocenters. The van der Waals surface area contributed by atoms with Crippen molar-refractivity contribution < 1.29 is 24.9 Å². The van der Waals surface area contributed by atoms with E-state index in [0.717, 1.165) is 0 Å². The molecule has 1 fully saturated rings. The molecule has 3 N–H and O–H groups in total. The lowest BCUT2D eigenvalue weighted by Gasteiger charge is -2.32. The van der Waals surface area contributed by atoms with E-state index in [9.17, 15) is 4.79 Å². The Balaban J connectivity index is 2.94. The lowest BCUT2D eigenvalue weighted by Crippen LogP contribution is -2.46. The maximum absolute atomic E-state index is 11.5. The number of esters is 1. The number of carbonyl (C=O) groups is 1. The van der Waals surface area contributed by atoms with Crippen molar-refractivity contribution in [2.24, 2.45) is 11.3 Å². The van der Waals surface area contributed by atoms with Gasteiger partial charge in [0, 0.05) is 12.5 Å². The Labute approximate surface area is 82.3 Å². The first-order valence-electron chi connectivity index (χ1n) is 4.71. The predicted molar refractivity (Wildman–Crippen MR) is 47.4 cm³/mol. The van der Waals surface area contributed by atoms with Crippen molar-refractivity contribution in [3.63, 3.8) is 0 Å². The van der Waals surface area contributed by atoms with E-state index < -0.39 is 30.5 Å². The summed E-state index contributed by atoms with van der Waals surface area (Å²) in [5.41, 5.74) is -1.33. The number of aliphatic hydroxyl groups excluding tert-OH is 3. The number of carbonyl (C=O) groups excluding carboxylic acids is 1. The molecule has 0 aromatic carbocycles. The Hall–Kier alpha value is -0.650. The van der Waals surface area contributed by atoms with Crippen LogP contribution in [-0.4, -0.2) is 47.7 Å². The van der Waals surface area contributed by atoms with Gasteiger partial charge in [0.15, 0.2) is 0 Å². The molecule has 5 heteroatoms. The van der Waals surface area contributed by atoms with Crippen LogP contribution in [0.25, 0.3) is 0 Å². The van der Waals surface area contributed by atoms with Crippen LogP contribution in [0.4, 0.5) is 0 Å². The summed E-state index contributed by atoms with van der Waals surface area (Å²) >= 11 is 0. The highest BCUT2D eigenvalue weighted by atomic mass is 16.5. The van der Waals surface area contributed by atoms with Gasteiger partial charge in [-0.25, -0.2) is 0 Å². The highest BCUT2D eigenvalue weighted by Crippen LogP contribution is 2.34. The van der Waals surface area contributed by atoms with E-state index in [4.69, 9.17) is 20.1 Å². The zero-order valence-corrected chi connectivity index (χ0v) is 7.98. The Kier molecular flexibility index (Phi) is 3.86. The predicted octanol–water partition coefficient (Wildman–Crippen LogP) is -1.10. The second kappa shape index (κ2) is 4.72. The largest absolute Gasteiger partial charge is 0.465 e. The van der Waals surface area contributed by atoms with E-state index in [0.29, 0.717) is 12.8 Å². The highest BCUT2D eigenvalue weighted by molar-refractivity contribution is 5.78. The monoisotopic (exact) mass is 204 g/mol. The molecule has 1 heterocycles. The van der Waals surface area contributed by atoms with E-state index in [-0.39, 0.29) is 13.2 Å². The molecule has 1 rings (SSSR count). The summed E-state index contributed by atoms with van der Waals surface area (Å²) in [6.07, 6.45) is 1.22. The molecular weight excluding hydrogens is 188 g/mol. The van der Waals surface area contributed by atoms with E-state index in [2.05, 4.69) is 0 Å². The molecule has 1 aliphatic rings. The Morgan fingerprint density at radius 2 is 2.00 bits per heavy atom. The lowest BCUT2D eigenvalue weighted by atomic mass is 9.75. The van der Waals surface area contributed by atoms with Gasteiger partial charge in [0.25, 0.3) is 0 Å². The van der Waals surface area contributed by atoms with Gasteiger partial charge in [0.2, 0.25) is 0 Å². The van der Waals surface area contributed by atoms with Crippen LogP contribution >= 0.6 is 0 Å². The molecule has 0 radical (unpaired) electrons. The van der Waals surface area contributed by atoms with Crippen LogP contribution in [0.1, 0.15) is 12.8 Å². The van der Waals surface area contributed by atoms with Gasteiger partial charge in [0.05, 0.1) is 19.8 Å². The number of hydrogen-bond donors (Lipinski definition) is 3. The van der Waals surface area contributed by atoms with Crippen molar-refractivity contribution in [1.29, 1.82) is 0 Å². The summed E-state index contributed by atoms with van der Waals surface area (Å²) in [4.78, 5) is 11.5. The van der Waals surface area contributed by atoms with Gasteiger partial charge in [0.1, 0.15) is 5.41 Å². The second-order valence-corrected chi connectivity index (χ2v) is 3.63. The number of hydrogen-bond acceptors (Lipinski definition) is 5. The third-order valence-electron chi connectivity index (χ3n) is 2.90. The summed E-state index contributed by atoms with van der Waals surface area (Å²) in [7, 11) is 0. The standard InChI is InChI=1S/C9H16O5/c10-4-7-2-1-3-14-8(13)9(7,5-11)6-12/h7,10-12H,1-6H2. The van der Waals surface area contributed by atoms with Crippen LogP contribution in [-0.2, 0) is 9.53 Å². The van der Waals surface area contributed by atoms with Gasteiger partial charge in [-0.3, -0.25) is 4.79 Å². The Morgan fingerprint density at radius 3 is 2.50 bits per heavy atom. The van der Waals surface area contributed by atoms with Crippen molar-refractivity contribution in [2.75, 3.05) is 26.4 Å². The maximum atomic E-state index is 11.5. The first-order valence-corrected chi connectivity index (χ1v) is 4.71. The fraction of sp³-hybridized carbons (Fsp3) is 0.889. The third kappa shape index (κ3) is 1.75. The van der Waals surface area contributed by atoms with Crippen LogP contribution in [0.2, 0.25) is 0 Å². The first-order chi connectivity index (χ1) is 6.71. The van der Waals surface area contributed by atoms with Crippen molar-refractivity contribution in [3.8, 4) is 0 Å². The summed E-state index contributed by atoms with van der Waals surface area (Å²) in [6.45, 7) is -0.922. The van der Waals surface area contributed by atoms with Crippen LogP contribution in [0.15, 0.2) is 0 Å². The van der Waals surface area contributed by atoms with Crippen LogP contribution < -0.4 is 0 Å². The zero-order chi connectivity index (χ0) is 10.6. The van der Waals surface area contributed by atoms with E-state index in [1.807, 2.05) is 0 Å². The minimum absolute atomic E-state index is 0.226. The molecule has 5 nitrogen and oxygen atoms in total. The van der Waals surface area contributed by atoms with Crippen LogP contribution in [0.3, 0.4) is 0 Å². The van der Waals surface area contributed by atoms with Gasteiger partial charge in [-0.2, -0.15) is 0 Å². The lowest BCUT2D eigenvalue weighted by molar-refractivity contribution is -0.165. The molecule has 0 saturated carbocycles. The summed E-state index contributed by atoms with van der Waals surface area (Å²) < 4.78 is 4.86. The molecule has 1 saturated heterocycles. The Morgan fingerprint density at radius 1 is 1.36 bits per heavy atom.